The fourth-order valence-electron chi connectivity index (χ4n) is 2.41. The number of pyridine rings is 1. The topological polar surface area (TPSA) is 42.3 Å². The van der Waals surface area contributed by atoms with E-state index in [0.717, 1.165) is 24.8 Å². The molecule has 0 N–H and O–H groups in total. The minimum atomic E-state index is -0.104. The highest BCUT2D eigenvalue weighted by atomic mass is 16.2. The molecule has 0 aliphatic rings. The lowest BCUT2D eigenvalue weighted by Gasteiger charge is -2.21. The van der Waals surface area contributed by atoms with Gasteiger partial charge in [-0.3, -0.25) is 9.59 Å². The van der Waals surface area contributed by atoms with Crippen LogP contribution in [-0.4, -0.2) is 28.5 Å². The van der Waals surface area contributed by atoms with Gasteiger partial charge in [0.15, 0.2) is 0 Å². The molecule has 21 heavy (non-hydrogen) atoms. The van der Waals surface area contributed by atoms with Crippen molar-refractivity contribution in [3.8, 4) is 0 Å². The Morgan fingerprint density at radius 1 is 1.19 bits per heavy atom. The van der Waals surface area contributed by atoms with Gasteiger partial charge in [0.1, 0.15) is 6.54 Å². The van der Waals surface area contributed by atoms with Crippen LogP contribution in [0.1, 0.15) is 26.7 Å². The molecule has 1 amide bonds. The van der Waals surface area contributed by atoms with Crippen LogP contribution >= 0.6 is 0 Å². The maximum absolute atomic E-state index is 12.4. The quantitative estimate of drug-likeness (QED) is 0.819. The zero-order valence-electron chi connectivity index (χ0n) is 12.7. The number of fused-ring (bicyclic) bond motifs is 1. The molecule has 0 unspecified atom stereocenters. The Balaban J connectivity index is 2.21. The zero-order valence-corrected chi connectivity index (χ0v) is 12.7. The number of amides is 1. The van der Waals surface area contributed by atoms with Crippen LogP contribution < -0.4 is 5.56 Å². The van der Waals surface area contributed by atoms with Crippen molar-refractivity contribution in [1.29, 1.82) is 0 Å². The molecule has 4 nitrogen and oxygen atoms in total. The molecular weight excluding hydrogens is 264 g/mol. The molecule has 0 saturated heterocycles. The summed E-state index contributed by atoms with van der Waals surface area (Å²) in [6.45, 7) is 5.62. The molecule has 4 heteroatoms. The second-order valence-electron chi connectivity index (χ2n) is 5.16. The summed E-state index contributed by atoms with van der Waals surface area (Å²) >= 11 is 0. The summed E-state index contributed by atoms with van der Waals surface area (Å²) < 4.78 is 1.50. The van der Waals surface area contributed by atoms with E-state index in [-0.39, 0.29) is 18.0 Å². The van der Waals surface area contributed by atoms with E-state index in [1.54, 1.807) is 12.3 Å². The van der Waals surface area contributed by atoms with E-state index in [1.807, 2.05) is 36.1 Å². The molecule has 1 aromatic carbocycles. The molecule has 0 bridgehead atoms. The molecule has 112 valence electrons. The Hall–Kier alpha value is -2.10. The van der Waals surface area contributed by atoms with E-state index in [9.17, 15) is 9.59 Å². The minimum Gasteiger partial charge on any atom is -0.341 e. The van der Waals surface area contributed by atoms with Gasteiger partial charge in [0, 0.05) is 24.7 Å². The van der Waals surface area contributed by atoms with Gasteiger partial charge in [-0.1, -0.05) is 31.5 Å². The van der Waals surface area contributed by atoms with Gasteiger partial charge < -0.3 is 9.47 Å². The Morgan fingerprint density at radius 2 is 1.95 bits per heavy atom. The highest BCUT2D eigenvalue weighted by molar-refractivity contribution is 5.82. The lowest BCUT2D eigenvalue weighted by Crippen LogP contribution is -2.36. The lowest BCUT2D eigenvalue weighted by molar-refractivity contribution is -0.131. The summed E-state index contributed by atoms with van der Waals surface area (Å²) in [5.74, 6) is 0.00308. The molecule has 1 aromatic heterocycles. The predicted molar refractivity (Wildman–Crippen MR) is 85.4 cm³/mol. The summed E-state index contributed by atoms with van der Waals surface area (Å²) in [6, 6.07) is 9.33. The average molecular weight is 286 g/mol. The van der Waals surface area contributed by atoms with E-state index < -0.39 is 0 Å². The first-order chi connectivity index (χ1) is 10.2. The highest BCUT2D eigenvalue weighted by Crippen LogP contribution is 2.08. The van der Waals surface area contributed by atoms with Gasteiger partial charge in [-0.2, -0.15) is 0 Å². The van der Waals surface area contributed by atoms with Crippen LogP contribution in [0.2, 0.25) is 0 Å². The van der Waals surface area contributed by atoms with E-state index in [1.165, 1.54) is 4.57 Å². The summed E-state index contributed by atoms with van der Waals surface area (Å²) in [4.78, 5) is 26.5. The molecule has 2 aromatic rings. The Labute approximate surface area is 125 Å². The number of hydrogen-bond donors (Lipinski definition) is 0. The molecule has 0 spiro atoms. The normalized spacial score (nSPS) is 10.8. The van der Waals surface area contributed by atoms with Crippen LogP contribution in [-0.2, 0) is 11.3 Å². The standard InChI is InChI=1S/C17H22N2O2/c1-3-5-11-18(4-2)16(20)13-19-12-10-14-8-6-7-9-15(14)17(19)21/h6-10,12H,3-5,11,13H2,1-2H3. The van der Waals surface area contributed by atoms with Crippen LogP contribution in [0.4, 0.5) is 0 Å². The zero-order chi connectivity index (χ0) is 15.2. The number of unbranched alkanes of at least 4 members (excludes halogenated alkanes) is 1. The number of likely N-dealkylation sites (N-methyl/N-ethyl adjacent to an activating group) is 1. The number of aromatic nitrogens is 1. The Morgan fingerprint density at radius 3 is 2.67 bits per heavy atom. The summed E-state index contributed by atoms with van der Waals surface area (Å²) in [7, 11) is 0. The number of carbonyl (C=O) groups excluding carboxylic acids is 1. The van der Waals surface area contributed by atoms with Gasteiger partial charge in [0.25, 0.3) is 5.56 Å². The number of benzene rings is 1. The van der Waals surface area contributed by atoms with Gasteiger partial charge in [-0.15, -0.1) is 0 Å². The molecule has 0 fully saturated rings. The number of nitrogens with zero attached hydrogens (tertiary/aromatic N) is 2. The first-order valence-corrected chi connectivity index (χ1v) is 7.53. The van der Waals surface area contributed by atoms with Crippen molar-refractivity contribution in [1.82, 2.24) is 9.47 Å². The van der Waals surface area contributed by atoms with Gasteiger partial charge in [-0.05, 0) is 30.9 Å². The monoisotopic (exact) mass is 286 g/mol. The Bertz CT molecular complexity index is 676. The molecule has 0 radical (unpaired) electrons. The predicted octanol–water partition coefficient (Wildman–Crippen LogP) is 2.65. The smallest absolute Gasteiger partial charge is 0.258 e. The van der Waals surface area contributed by atoms with Gasteiger partial charge in [0.05, 0.1) is 0 Å². The maximum atomic E-state index is 12.4. The second kappa shape index (κ2) is 7.07. The molecule has 2 rings (SSSR count). The van der Waals surface area contributed by atoms with Crippen molar-refractivity contribution in [3.63, 3.8) is 0 Å². The number of carbonyl (C=O) groups is 1. The first kappa shape index (κ1) is 15.3. The second-order valence-corrected chi connectivity index (χ2v) is 5.16. The van der Waals surface area contributed by atoms with Crippen LogP contribution in [0.25, 0.3) is 10.8 Å². The van der Waals surface area contributed by atoms with Crippen molar-refractivity contribution in [2.45, 2.75) is 33.2 Å². The van der Waals surface area contributed by atoms with E-state index in [2.05, 4.69) is 6.92 Å². The van der Waals surface area contributed by atoms with Crippen LogP contribution in [0.5, 0.6) is 0 Å². The molecule has 0 saturated carbocycles. The Kier molecular flexibility index (Phi) is 5.14. The summed E-state index contributed by atoms with van der Waals surface area (Å²) in [5, 5.41) is 1.56. The van der Waals surface area contributed by atoms with E-state index in [4.69, 9.17) is 0 Å². The minimum absolute atomic E-state index is 0.00308. The summed E-state index contributed by atoms with van der Waals surface area (Å²) in [6.07, 6.45) is 3.75. The first-order valence-electron chi connectivity index (χ1n) is 7.53. The van der Waals surface area contributed by atoms with Crippen LogP contribution in [0.15, 0.2) is 41.3 Å². The third-order valence-corrected chi connectivity index (χ3v) is 3.71. The fraction of sp³-hybridized carbons (Fsp3) is 0.412. The molecule has 0 atom stereocenters. The molecule has 1 heterocycles. The van der Waals surface area contributed by atoms with E-state index in [0.29, 0.717) is 11.9 Å². The molecular formula is C17H22N2O2. The SMILES string of the molecule is CCCCN(CC)C(=O)Cn1ccc2ccccc2c1=O. The van der Waals surface area contributed by atoms with Crippen molar-refractivity contribution < 1.29 is 4.79 Å². The fourth-order valence-corrected chi connectivity index (χ4v) is 2.41. The third-order valence-electron chi connectivity index (χ3n) is 3.71. The van der Waals surface area contributed by atoms with Gasteiger partial charge in [-0.25, -0.2) is 0 Å². The molecule has 0 aliphatic heterocycles. The van der Waals surface area contributed by atoms with Crippen LogP contribution in [0, 0.1) is 0 Å². The van der Waals surface area contributed by atoms with Crippen molar-refractivity contribution >= 4 is 16.7 Å². The van der Waals surface area contributed by atoms with Gasteiger partial charge >= 0.3 is 0 Å². The largest absolute Gasteiger partial charge is 0.341 e. The van der Waals surface area contributed by atoms with Gasteiger partial charge in [0.2, 0.25) is 5.91 Å². The summed E-state index contributed by atoms with van der Waals surface area (Å²) in [5.41, 5.74) is -0.104. The highest BCUT2D eigenvalue weighted by Gasteiger charge is 2.13. The van der Waals surface area contributed by atoms with Crippen LogP contribution in [0.3, 0.4) is 0 Å². The van der Waals surface area contributed by atoms with Crippen molar-refractivity contribution in [2.75, 3.05) is 13.1 Å². The maximum Gasteiger partial charge on any atom is 0.258 e. The van der Waals surface area contributed by atoms with Crippen molar-refractivity contribution in [3.05, 3.63) is 46.9 Å². The molecule has 0 aliphatic carbocycles. The third kappa shape index (κ3) is 3.51. The number of hydrogen-bond acceptors (Lipinski definition) is 2. The lowest BCUT2D eigenvalue weighted by atomic mass is 10.2. The average Bonchev–Trinajstić information content (AvgIpc) is 2.51. The number of rotatable bonds is 6. The van der Waals surface area contributed by atoms with E-state index >= 15 is 0 Å². The van der Waals surface area contributed by atoms with Crippen molar-refractivity contribution in [2.24, 2.45) is 0 Å².